The van der Waals surface area contributed by atoms with Crippen molar-refractivity contribution in [2.45, 2.75) is 6.54 Å². The molecule has 19 heavy (non-hydrogen) atoms. The predicted octanol–water partition coefficient (Wildman–Crippen LogP) is 3.70. The van der Waals surface area contributed by atoms with Crippen molar-refractivity contribution in [1.82, 2.24) is 4.57 Å². The molecule has 0 atom stereocenters. The first-order valence-corrected chi connectivity index (χ1v) is 6.00. The van der Waals surface area contributed by atoms with E-state index in [1.807, 2.05) is 35.0 Å². The molecule has 0 fully saturated rings. The lowest BCUT2D eigenvalue weighted by atomic mass is 10.1. The molecule has 0 unspecified atom stereocenters. The van der Waals surface area contributed by atoms with Gasteiger partial charge in [-0.1, -0.05) is 12.1 Å². The maximum atomic E-state index is 13.3. The van der Waals surface area contributed by atoms with Gasteiger partial charge in [-0.2, -0.15) is 5.26 Å². The highest BCUT2D eigenvalue weighted by atomic mass is 19.1. The van der Waals surface area contributed by atoms with Crippen LogP contribution in [-0.2, 0) is 6.54 Å². The van der Waals surface area contributed by atoms with Crippen molar-refractivity contribution in [3.8, 4) is 6.07 Å². The Hall–Kier alpha value is -2.60. The maximum absolute atomic E-state index is 13.3. The fraction of sp³-hybridized carbons (Fsp3) is 0.0625. The molecule has 0 spiro atoms. The van der Waals surface area contributed by atoms with Gasteiger partial charge in [-0.3, -0.25) is 0 Å². The molecule has 3 aromatic rings. The van der Waals surface area contributed by atoms with E-state index in [-0.39, 0.29) is 5.82 Å². The number of benzene rings is 2. The van der Waals surface area contributed by atoms with Gasteiger partial charge in [0.1, 0.15) is 5.82 Å². The summed E-state index contributed by atoms with van der Waals surface area (Å²) in [6.07, 6.45) is 1.93. The molecule has 0 saturated heterocycles. The number of rotatable bonds is 2. The topological polar surface area (TPSA) is 28.7 Å². The first-order chi connectivity index (χ1) is 9.26. The Bertz CT molecular complexity index is 781. The van der Waals surface area contributed by atoms with E-state index < -0.39 is 0 Å². The van der Waals surface area contributed by atoms with Crippen molar-refractivity contribution >= 4 is 10.9 Å². The lowest BCUT2D eigenvalue weighted by Gasteiger charge is -2.06. The fourth-order valence-corrected chi connectivity index (χ4v) is 2.23. The summed E-state index contributed by atoms with van der Waals surface area (Å²) in [6.45, 7) is 0.627. The predicted molar refractivity (Wildman–Crippen MR) is 72.2 cm³/mol. The first-order valence-electron chi connectivity index (χ1n) is 6.00. The van der Waals surface area contributed by atoms with Gasteiger partial charge in [-0.25, -0.2) is 4.39 Å². The largest absolute Gasteiger partial charge is 0.343 e. The third-order valence-electron chi connectivity index (χ3n) is 3.14. The SMILES string of the molecule is N#Cc1cccc(Cn2ccc3ccc(F)cc32)c1. The second-order valence-corrected chi connectivity index (χ2v) is 4.46. The molecule has 0 radical (unpaired) electrons. The van der Waals surface area contributed by atoms with Crippen molar-refractivity contribution in [1.29, 1.82) is 5.26 Å². The van der Waals surface area contributed by atoms with E-state index in [0.29, 0.717) is 12.1 Å². The van der Waals surface area contributed by atoms with Gasteiger partial charge in [-0.05, 0) is 47.3 Å². The standard InChI is InChI=1S/C16H11FN2/c17-15-5-4-14-6-7-19(16(14)9-15)11-13-3-1-2-12(8-13)10-18/h1-9H,11H2. The van der Waals surface area contributed by atoms with Gasteiger partial charge in [0, 0.05) is 12.7 Å². The number of aromatic nitrogens is 1. The zero-order valence-electron chi connectivity index (χ0n) is 10.2. The molecule has 3 heteroatoms. The summed E-state index contributed by atoms with van der Waals surface area (Å²) in [5.74, 6) is -0.238. The van der Waals surface area contributed by atoms with Crippen LogP contribution in [0.5, 0.6) is 0 Å². The van der Waals surface area contributed by atoms with Crippen LogP contribution in [0.4, 0.5) is 4.39 Å². The highest BCUT2D eigenvalue weighted by molar-refractivity contribution is 5.80. The van der Waals surface area contributed by atoms with Crippen LogP contribution < -0.4 is 0 Å². The molecular weight excluding hydrogens is 239 g/mol. The molecule has 0 aliphatic heterocycles. The van der Waals surface area contributed by atoms with Crippen LogP contribution in [-0.4, -0.2) is 4.57 Å². The molecule has 0 N–H and O–H groups in total. The Morgan fingerprint density at radius 3 is 2.84 bits per heavy atom. The summed E-state index contributed by atoms with van der Waals surface area (Å²) in [5, 5.41) is 9.90. The molecule has 2 nitrogen and oxygen atoms in total. The van der Waals surface area contributed by atoms with Crippen LogP contribution in [0.3, 0.4) is 0 Å². The normalized spacial score (nSPS) is 10.5. The molecule has 1 aromatic heterocycles. The second kappa shape index (κ2) is 4.58. The Morgan fingerprint density at radius 2 is 2.00 bits per heavy atom. The smallest absolute Gasteiger partial charge is 0.125 e. The van der Waals surface area contributed by atoms with Gasteiger partial charge in [0.2, 0.25) is 0 Å². The van der Waals surface area contributed by atoms with Gasteiger partial charge >= 0.3 is 0 Å². The van der Waals surface area contributed by atoms with Crippen molar-refractivity contribution < 1.29 is 4.39 Å². The van der Waals surface area contributed by atoms with E-state index in [1.165, 1.54) is 12.1 Å². The van der Waals surface area contributed by atoms with E-state index in [4.69, 9.17) is 5.26 Å². The number of halogens is 1. The summed E-state index contributed by atoms with van der Waals surface area (Å²) in [5.41, 5.74) is 2.53. The summed E-state index contributed by atoms with van der Waals surface area (Å²) in [4.78, 5) is 0. The molecule has 3 rings (SSSR count). The van der Waals surface area contributed by atoms with Crippen LogP contribution in [0.2, 0.25) is 0 Å². The van der Waals surface area contributed by atoms with E-state index in [0.717, 1.165) is 16.5 Å². The molecular formula is C16H11FN2. The van der Waals surface area contributed by atoms with Gasteiger partial charge < -0.3 is 4.57 Å². The number of hydrogen-bond donors (Lipinski definition) is 0. The molecule has 2 aromatic carbocycles. The van der Waals surface area contributed by atoms with Crippen molar-refractivity contribution in [2.75, 3.05) is 0 Å². The molecule has 92 valence electrons. The van der Waals surface area contributed by atoms with Gasteiger partial charge in [0.15, 0.2) is 0 Å². The third-order valence-corrected chi connectivity index (χ3v) is 3.14. The monoisotopic (exact) mass is 250 g/mol. The maximum Gasteiger partial charge on any atom is 0.125 e. The minimum absolute atomic E-state index is 0.238. The number of hydrogen-bond acceptors (Lipinski definition) is 1. The van der Waals surface area contributed by atoms with Crippen molar-refractivity contribution in [2.24, 2.45) is 0 Å². The lowest BCUT2D eigenvalue weighted by molar-refractivity contribution is 0.628. The highest BCUT2D eigenvalue weighted by Gasteiger charge is 2.03. The Kier molecular flexibility index (Phi) is 2.77. The average molecular weight is 250 g/mol. The average Bonchev–Trinajstić information content (AvgIpc) is 2.81. The quantitative estimate of drug-likeness (QED) is 0.681. The molecule has 0 amide bonds. The third kappa shape index (κ3) is 2.21. The minimum Gasteiger partial charge on any atom is -0.343 e. The summed E-state index contributed by atoms with van der Waals surface area (Å²) in [6, 6.07) is 16.3. The van der Waals surface area contributed by atoms with Crippen molar-refractivity contribution in [3.05, 3.63) is 71.7 Å². The van der Waals surface area contributed by atoms with Gasteiger partial charge in [0.25, 0.3) is 0 Å². The molecule has 0 saturated carbocycles. The van der Waals surface area contributed by atoms with Crippen LogP contribution in [0.25, 0.3) is 10.9 Å². The zero-order valence-corrected chi connectivity index (χ0v) is 10.2. The molecule has 1 heterocycles. The molecule has 0 bridgehead atoms. The Balaban J connectivity index is 2.01. The summed E-state index contributed by atoms with van der Waals surface area (Å²) in [7, 11) is 0. The highest BCUT2D eigenvalue weighted by Crippen LogP contribution is 2.18. The number of nitriles is 1. The minimum atomic E-state index is -0.238. The first kappa shape index (κ1) is 11.5. The summed E-state index contributed by atoms with van der Waals surface area (Å²) < 4.78 is 15.3. The second-order valence-electron chi connectivity index (χ2n) is 4.46. The summed E-state index contributed by atoms with van der Waals surface area (Å²) >= 11 is 0. The number of nitrogens with zero attached hydrogens (tertiary/aromatic N) is 2. The van der Waals surface area contributed by atoms with E-state index in [2.05, 4.69) is 6.07 Å². The van der Waals surface area contributed by atoms with Crippen LogP contribution >= 0.6 is 0 Å². The Labute approximate surface area is 110 Å². The van der Waals surface area contributed by atoms with Crippen LogP contribution in [0.15, 0.2) is 54.7 Å². The molecule has 0 aliphatic rings. The van der Waals surface area contributed by atoms with Crippen LogP contribution in [0.1, 0.15) is 11.1 Å². The van der Waals surface area contributed by atoms with E-state index in [1.54, 1.807) is 12.1 Å². The van der Waals surface area contributed by atoms with Gasteiger partial charge in [-0.15, -0.1) is 0 Å². The zero-order chi connectivity index (χ0) is 13.2. The lowest BCUT2D eigenvalue weighted by Crippen LogP contribution is -1.98. The van der Waals surface area contributed by atoms with E-state index in [9.17, 15) is 4.39 Å². The van der Waals surface area contributed by atoms with E-state index >= 15 is 0 Å². The van der Waals surface area contributed by atoms with Crippen LogP contribution in [0, 0.1) is 17.1 Å². The Morgan fingerprint density at radius 1 is 1.11 bits per heavy atom. The molecule has 0 aliphatic carbocycles. The van der Waals surface area contributed by atoms with Gasteiger partial charge in [0.05, 0.1) is 17.1 Å². The number of fused-ring (bicyclic) bond motifs is 1. The fourth-order valence-electron chi connectivity index (χ4n) is 2.23. The van der Waals surface area contributed by atoms with Crippen molar-refractivity contribution in [3.63, 3.8) is 0 Å².